The van der Waals surface area contributed by atoms with Gasteiger partial charge in [0.2, 0.25) is 11.8 Å². The molecule has 10 heteroatoms. The van der Waals surface area contributed by atoms with Gasteiger partial charge >= 0.3 is 5.97 Å². The van der Waals surface area contributed by atoms with Crippen LogP contribution in [0.15, 0.2) is 24.3 Å². The number of rotatable bonds is 11. The molecule has 0 spiro atoms. The van der Waals surface area contributed by atoms with E-state index in [9.17, 15) is 19.5 Å². The Balaban J connectivity index is 2.20. The maximum Gasteiger partial charge on any atom is 0.326 e. The highest BCUT2D eigenvalue weighted by Gasteiger charge is 2.37. The van der Waals surface area contributed by atoms with Crippen LogP contribution >= 0.6 is 24.4 Å². The summed E-state index contributed by atoms with van der Waals surface area (Å²) in [6, 6.07) is 5.18. The summed E-state index contributed by atoms with van der Waals surface area (Å²) >= 11 is 5.67. The molecule has 0 aromatic heterocycles. The van der Waals surface area contributed by atoms with Crippen molar-refractivity contribution in [2.24, 2.45) is 5.73 Å². The van der Waals surface area contributed by atoms with Crippen molar-refractivity contribution in [3.05, 3.63) is 35.4 Å². The van der Waals surface area contributed by atoms with E-state index in [1.165, 1.54) is 16.7 Å². The zero-order valence-corrected chi connectivity index (χ0v) is 19.6. The van der Waals surface area contributed by atoms with Gasteiger partial charge in [0.05, 0.1) is 6.04 Å². The molecule has 1 aromatic carbocycles. The van der Waals surface area contributed by atoms with E-state index in [4.69, 9.17) is 5.73 Å². The van der Waals surface area contributed by atoms with Crippen LogP contribution in [0.25, 0.3) is 0 Å². The summed E-state index contributed by atoms with van der Waals surface area (Å²) in [5.41, 5.74) is 7.85. The Bertz CT molecular complexity index is 780. The minimum absolute atomic E-state index is 0.187. The van der Waals surface area contributed by atoms with Crippen LogP contribution in [0.1, 0.15) is 24.5 Å². The quantitative estimate of drug-likeness (QED) is 0.300. The van der Waals surface area contributed by atoms with Gasteiger partial charge in [-0.1, -0.05) is 24.3 Å². The normalized spacial score (nSPS) is 18.6. The van der Waals surface area contributed by atoms with Gasteiger partial charge in [-0.05, 0) is 36.5 Å². The molecular weight excluding hydrogens is 436 g/mol. The molecule has 1 aliphatic rings. The summed E-state index contributed by atoms with van der Waals surface area (Å²) < 4.78 is 0. The molecule has 0 radical (unpaired) electrons. The number of aliphatic carboxylic acids is 1. The lowest BCUT2D eigenvalue weighted by molar-refractivity contribution is -0.146. The number of carboxylic acids is 1. The SMILES string of the molecule is CSCC[C@H](NC(=O)[C@H]1Cc2ccccc2CN1C(=O)[C@H](C)NC[C@H](N)CS)C(=O)O. The van der Waals surface area contributed by atoms with Crippen LogP contribution in [0.2, 0.25) is 0 Å². The second kappa shape index (κ2) is 12.3. The summed E-state index contributed by atoms with van der Waals surface area (Å²) in [7, 11) is 0. The molecule has 0 aliphatic carbocycles. The predicted octanol–water partition coefficient (Wildman–Crippen LogP) is 0.498. The summed E-state index contributed by atoms with van der Waals surface area (Å²) in [6.45, 7) is 2.45. The summed E-state index contributed by atoms with van der Waals surface area (Å²) in [5.74, 6) is -0.651. The van der Waals surface area contributed by atoms with Crippen molar-refractivity contribution in [1.29, 1.82) is 0 Å². The lowest BCUT2D eigenvalue weighted by atomic mass is 9.92. The second-order valence-corrected chi connectivity index (χ2v) is 9.06. The van der Waals surface area contributed by atoms with Crippen molar-refractivity contribution >= 4 is 42.2 Å². The molecule has 0 saturated heterocycles. The Kier molecular flexibility index (Phi) is 10.1. The molecule has 0 fully saturated rings. The van der Waals surface area contributed by atoms with Gasteiger partial charge in [-0.2, -0.15) is 24.4 Å². The molecule has 2 rings (SSSR count). The highest BCUT2D eigenvalue weighted by Crippen LogP contribution is 2.24. The highest BCUT2D eigenvalue weighted by atomic mass is 32.2. The molecule has 4 atom stereocenters. The molecule has 0 unspecified atom stereocenters. The smallest absolute Gasteiger partial charge is 0.326 e. The van der Waals surface area contributed by atoms with Gasteiger partial charge in [0.25, 0.3) is 0 Å². The first-order valence-electron chi connectivity index (χ1n) is 10.3. The van der Waals surface area contributed by atoms with Crippen LogP contribution < -0.4 is 16.4 Å². The van der Waals surface area contributed by atoms with Crippen molar-refractivity contribution in [1.82, 2.24) is 15.5 Å². The molecule has 1 heterocycles. The van der Waals surface area contributed by atoms with Gasteiger partial charge in [0.1, 0.15) is 12.1 Å². The van der Waals surface area contributed by atoms with Crippen LogP contribution in [0.4, 0.5) is 0 Å². The summed E-state index contributed by atoms with van der Waals surface area (Å²) in [5, 5.41) is 15.2. The molecule has 31 heavy (non-hydrogen) atoms. The zero-order valence-electron chi connectivity index (χ0n) is 17.9. The van der Waals surface area contributed by atoms with Gasteiger partial charge in [-0.25, -0.2) is 4.79 Å². The highest BCUT2D eigenvalue weighted by molar-refractivity contribution is 7.98. The third kappa shape index (κ3) is 7.13. The van der Waals surface area contributed by atoms with Gasteiger partial charge in [0.15, 0.2) is 0 Å². The first-order chi connectivity index (χ1) is 14.8. The molecule has 0 saturated carbocycles. The Hall–Kier alpha value is -1.75. The number of hydrogen-bond donors (Lipinski definition) is 5. The first kappa shape index (κ1) is 25.5. The van der Waals surface area contributed by atoms with Crippen molar-refractivity contribution in [3.8, 4) is 0 Å². The Morgan fingerprint density at radius 1 is 1.32 bits per heavy atom. The fraction of sp³-hybridized carbons (Fsp3) is 0.571. The number of benzene rings is 1. The third-order valence-corrected chi connectivity index (χ3v) is 6.46. The van der Waals surface area contributed by atoms with E-state index in [-0.39, 0.29) is 11.9 Å². The molecule has 8 nitrogen and oxygen atoms in total. The predicted molar refractivity (Wildman–Crippen MR) is 126 cm³/mol. The number of amides is 2. The minimum atomic E-state index is -1.08. The number of nitrogens with two attached hydrogens (primary N) is 1. The Morgan fingerprint density at radius 3 is 2.61 bits per heavy atom. The number of fused-ring (bicyclic) bond motifs is 1. The molecule has 2 amide bonds. The summed E-state index contributed by atoms with van der Waals surface area (Å²) in [6.07, 6.45) is 2.54. The van der Waals surface area contributed by atoms with Crippen molar-refractivity contribution in [2.75, 3.05) is 24.3 Å². The third-order valence-electron chi connectivity index (χ3n) is 5.35. The van der Waals surface area contributed by atoms with Gasteiger partial charge < -0.3 is 26.4 Å². The average Bonchev–Trinajstić information content (AvgIpc) is 2.77. The van der Waals surface area contributed by atoms with E-state index >= 15 is 0 Å². The molecule has 172 valence electrons. The molecular formula is C21H32N4O4S2. The van der Waals surface area contributed by atoms with E-state index in [1.54, 1.807) is 6.92 Å². The maximum atomic E-state index is 13.2. The standard InChI is InChI=1S/C21H32N4O4S2/c1-13(23-10-16(22)12-30)20(27)25-11-15-6-4-3-5-14(15)9-18(25)19(26)24-17(21(28)29)7-8-31-2/h3-6,13,16-18,23,30H,7-12,22H2,1-2H3,(H,24,26)(H,28,29)/t13-,16-,17-,18+/m0/s1. The number of thioether (sulfide) groups is 1. The second-order valence-electron chi connectivity index (χ2n) is 7.71. The maximum absolute atomic E-state index is 13.2. The fourth-order valence-electron chi connectivity index (χ4n) is 3.48. The average molecular weight is 469 g/mol. The van der Waals surface area contributed by atoms with Crippen LogP contribution in [0.3, 0.4) is 0 Å². The molecule has 0 bridgehead atoms. The van der Waals surface area contributed by atoms with Crippen molar-refractivity contribution < 1.29 is 19.5 Å². The Labute approximate surface area is 193 Å². The van der Waals surface area contributed by atoms with Crippen LogP contribution in [0.5, 0.6) is 0 Å². The van der Waals surface area contributed by atoms with E-state index in [0.717, 1.165) is 11.1 Å². The first-order valence-corrected chi connectivity index (χ1v) is 12.3. The molecule has 1 aromatic rings. The van der Waals surface area contributed by atoms with Gasteiger partial charge in [0, 0.05) is 31.3 Å². The number of carboxylic acid groups (broad SMARTS) is 1. The van der Waals surface area contributed by atoms with E-state index in [1.807, 2.05) is 30.5 Å². The Morgan fingerprint density at radius 2 is 2.00 bits per heavy atom. The number of nitrogens with zero attached hydrogens (tertiary/aromatic N) is 1. The largest absolute Gasteiger partial charge is 0.480 e. The molecule has 5 N–H and O–H groups in total. The monoisotopic (exact) mass is 468 g/mol. The van der Waals surface area contributed by atoms with Crippen LogP contribution in [-0.4, -0.2) is 76.3 Å². The minimum Gasteiger partial charge on any atom is -0.480 e. The van der Waals surface area contributed by atoms with Gasteiger partial charge in [-0.3, -0.25) is 9.59 Å². The van der Waals surface area contributed by atoms with Crippen molar-refractivity contribution in [3.63, 3.8) is 0 Å². The van der Waals surface area contributed by atoms with Crippen molar-refractivity contribution in [2.45, 2.75) is 50.5 Å². The van der Waals surface area contributed by atoms with E-state index in [2.05, 4.69) is 23.3 Å². The van der Waals surface area contributed by atoms with Crippen LogP contribution in [0, 0.1) is 0 Å². The number of carbonyl (C=O) groups is 3. The van der Waals surface area contributed by atoms with E-state index in [0.29, 0.717) is 37.4 Å². The lowest BCUT2D eigenvalue weighted by Crippen LogP contribution is -2.58. The number of nitrogens with one attached hydrogen (secondary N) is 2. The van der Waals surface area contributed by atoms with Crippen LogP contribution in [-0.2, 0) is 27.3 Å². The lowest BCUT2D eigenvalue weighted by Gasteiger charge is -2.38. The fourth-order valence-corrected chi connectivity index (χ4v) is 4.08. The van der Waals surface area contributed by atoms with E-state index < -0.39 is 30.0 Å². The number of carbonyl (C=O) groups excluding carboxylic acids is 2. The topological polar surface area (TPSA) is 125 Å². The molecule has 1 aliphatic heterocycles. The number of hydrogen-bond acceptors (Lipinski definition) is 7. The zero-order chi connectivity index (χ0) is 23.0. The number of thiol groups is 1. The summed E-state index contributed by atoms with van der Waals surface area (Å²) in [4.78, 5) is 39.5. The van der Waals surface area contributed by atoms with Gasteiger partial charge in [-0.15, -0.1) is 0 Å².